The van der Waals surface area contributed by atoms with Gasteiger partial charge in [-0.15, -0.1) is 0 Å². The number of halogens is 2. The summed E-state index contributed by atoms with van der Waals surface area (Å²) in [6.07, 6.45) is -0.990. The number of benzene rings is 1. The van der Waals surface area contributed by atoms with Crippen LogP contribution in [0.1, 0.15) is 6.92 Å². The molecule has 3 aromatic rings. The number of anilines is 2. The predicted octanol–water partition coefficient (Wildman–Crippen LogP) is 3.14. The van der Waals surface area contributed by atoms with Gasteiger partial charge in [0, 0.05) is 38.8 Å². The molecule has 1 aliphatic heterocycles. The minimum atomic E-state index is -0.990. The molecule has 0 aliphatic carbocycles. The third kappa shape index (κ3) is 5.08. The molecule has 0 radical (unpaired) electrons. The average molecular weight is 502 g/mol. The molecule has 1 aromatic carbocycles. The Labute approximate surface area is 207 Å². The number of nitrogens with zero attached hydrogens (tertiary/aromatic N) is 6. The zero-order valence-corrected chi connectivity index (χ0v) is 20.6. The number of aromatic nitrogens is 3. The molecule has 36 heavy (non-hydrogen) atoms. The van der Waals surface area contributed by atoms with Gasteiger partial charge in [-0.25, -0.2) is 18.6 Å². The third-order valence-corrected chi connectivity index (χ3v) is 6.06. The number of nitrogens with one attached hydrogen (secondary N) is 1. The lowest BCUT2D eigenvalue weighted by molar-refractivity contribution is 0.136. The molecular weight excluding hydrogens is 472 g/mol. The van der Waals surface area contributed by atoms with Crippen LogP contribution < -0.4 is 15.0 Å². The Kier molecular flexibility index (Phi) is 7.34. The van der Waals surface area contributed by atoms with Crippen LogP contribution in [0.2, 0.25) is 0 Å². The van der Waals surface area contributed by atoms with Gasteiger partial charge in [-0.2, -0.15) is 9.97 Å². The topological polar surface area (TPSA) is 107 Å². The quantitative estimate of drug-likeness (QED) is 0.505. The van der Waals surface area contributed by atoms with Crippen molar-refractivity contribution >= 4 is 28.9 Å². The number of fused-ring (bicyclic) bond motifs is 1. The fraction of sp³-hybridized carbons (Fsp3) is 0.417. The van der Waals surface area contributed by atoms with Crippen LogP contribution in [0.15, 0.2) is 24.3 Å². The number of ether oxygens (including phenoxy) is 1. The fourth-order valence-electron chi connectivity index (χ4n) is 4.23. The van der Waals surface area contributed by atoms with Crippen molar-refractivity contribution in [2.24, 2.45) is 0 Å². The molecular formula is C24H29F2N7O3. The Hall–Kier alpha value is -3.80. The zero-order chi connectivity index (χ0) is 26.0. The maximum Gasteiger partial charge on any atom is 0.407 e. The van der Waals surface area contributed by atoms with Crippen LogP contribution in [0.4, 0.5) is 25.3 Å². The second kappa shape index (κ2) is 10.4. The van der Waals surface area contributed by atoms with Crippen molar-refractivity contribution in [3.63, 3.8) is 0 Å². The number of pyridine rings is 1. The lowest BCUT2D eigenvalue weighted by Gasteiger charge is -2.39. The molecule has 1 aliphatic rings. The summed E-state index contributed by atoms with van der Waals surface area (Å²) in [4.78, 5) is 30.3. The minimum absolute atomic E-state index is 0.0925. The van der Waals surface area contributed by atoms with E-state index in [2.05, 4.69) is 20.3 Å². The van der Waals surface area contributed by atoms with Crippen molar-refractivity contribution in [2.75, 3.05) is 64.1 Å². The van der Waals surface area contributed by atoms with Gasteiger partial charge in [-0.1, -0.05) is 6.07 Å². The molecule has 3 heterocycles. The van der Waals surface area contributed by atoms with Gasteiger partial charge in [0.25, 0.3) is 0 Å². The van der Waals surface area contributed by atoms with Gasteiger partial charge in [-0.3, -0.25) is 0 Å². The Morgan fingerprint density at radius 2 is 2.00 bits per heavy atom. The number of piperazine rings is 1. The van der Waals surface area contributed by atoms with E-state index in [4.69, 9.17) is 4.74 Å². The van der Waals surface area contributed by atoms with Crippen LogP contribution in [-0.4, -0.2) is 95.9 Å². The molecule has 10 nitrogen and oxygen atoms in total. The van der Waals surface area contributed by atoms with Crippen LogP contribution >= 0.6 is 0 Å². The maximum atomic E-state index is 15.4. The number of likely N-dealkylation sites (N-methyl/N-ethyl adjacent to an activating group) is 1. The Morgan fingerprint density at radius 3 is 2.67 bits per heavy atom. The van der Waals surface area contributed by atoms with E-state index in [1.807, 2.05) is 30.8 Å². The molecule has 2 N–H and O–H groups in total. The maximum absolute atomic E-state index is 15.4. The highest BCUT2D eigenvalue weighted by molar-refractivity contribution is 5.90. The molecule has 0 saturated carbocycles. The first-order chi connectivity index (χ1) is 17.2. The number of carbonyl (C=O) groups is 1. The molecule has 2 aromatic heterocycles. The van der Waals surface area contributed by atoms with Crippen molar-refractivity contribution in [3.8, 4) is 17.0 Å². The zero-order valence-electron chi connectivity index (χ0n) is 20.6. The average Bonchev–Trinajstić information content (AvgIpc) is 2.83. The van der Waals surface area contributed by atoms with Crippen LogP contribution in [0, 0.1) is 11.6 Å². The smallest absolute Gasteiger partial charge is 0.407 e. The van der Waals surface area contributed by atoms with Crippen molar-refractivity contribution in [1.82, 2.24) is 24.8 Å². The molecule has 0 bridgehead atoms. The number of hydrogen-bond acceptors (Lipinski definition) is 8. The van der Waals surface area contributed by atoms with Gasteiger partial charge < -0.3 is 29.9 Å². The number of methoxy groups -OCH3 is 1. The van der Waals surface area contributed by atoms with E-state index in [0.717, 1.165) is 6.54 Å². The standard InChI is InChI=1S/C24H29F2N7O3/c1-14-13-32(24(34)35)10-11-33(14)22-15-12-17(26)20(19-16(25)6-5-7-18(19)36-4)28-21(15)29-23(30-22)27-8-9-31(2)3/h5-7,12,14H,8-11,13H2,1-4H3,(H,34,35)(H,27,28,29,30)/t14-/m1/s1. The monoisotopic (exact) mass is 501 g/mol. The van der Waals surface area contributed by atoms with Crippen molar-refractivity contribution in [2.45, 2.75) is 13.0 Å². The minimum Gasteiger partial charge on any atom is -0.496 e. The van der Waals surface area contributed by atoms with Crippen LogP contribution in [0.25, 0.3) is 22.3 Å². The van der Waals surface area contributed by atoms with Crippen LogP contribution in [0.3, 0.4) is 0 Å². The van der Waals surface area contributed by atoms with Crippen LogP contribution in [-0.2, 0) is 0 Å². The Balaban J connectivity index is 1.84. The SMILES string of the molecule is COc1cccc(F)c1-c1nc2nc(NCCN(C)C)nc(N3CCN(C(=O)O)C[C@H]3C)c2cc1F. The second-order valence-electron chi connectivity index (χ2n) is 8.88. The number of hydrogen-bond donors (Lipinski definition) is 2. The molecule has 192 valence electrons. The normalized spacial score (nSPS) is 16.0. The van der Waals surface area contributed by atoms with E-state index in [-0.39, 0.29) is 47.7 Å². The van der Waals surface area contributed by atoms with Crippen molar-refractivity contribution < 1.29 is 23.4 Å². The molecule has 1 fully saturated rings. The first-order valence-corrected chi connectivity index (χ1v) is 11.5. The predicted molar refractivity (Wildman–Crippen MR) is 133 cm³/mol. The summed E-state index contributed by atoms with van der Waals surface area (Å²) in [6.45, 7) is 4.06. The van der Waals surface area contributed by atoms with Gasteiger partial charge in [-0.05, 0) is 39.2 Å². The van der Waals surface area contributed by atoms with E-state index in [1.165, 1.54) is 36.3 Å². The highest BCUT2D eigenvalue weighted by Gasteiger charge is 2.30. The van der Waals surface area contributed by atoms with E-state index < -0.39 is 17.7 Å². The van der Waals surface area contributed by atoms with Gasteiger partial charge >= 0.3 is 6.09 Å². The summed E-state index contributed by atoms with van der Waals surface area (Å²) in [6, 6.07) is 5.25. The van der Waals surface area contributed by atoms with E-state index >= 15 is 4.39 Å². The Bertz CT molecular complexity index is 1270. The van der Waals surface area contributed by atoms with E-state index in [0.29, 0.717) is 24.3 Å². The molecule has 0 unspecified atom stereocenters. The van der Waals surface area contributed by atoms with Gasteiger partial charge in [0.1, 0.15) is 23.1 Å². The molecule has 12 heteroatoms. The summed E-state index contributed by atoms with van der Waals surface area (Å²) in [5.41, 5.74) is -0.128. The first-order valence-electron chi connectivity index (χ1n) is 11.5. The summed E-state index contributed by atoms with van der Waals surface area (Å²) in [5, 5.41) is 12.9. The van der Waals surface area contributed by atoms with Gasteiger partial charge in [0.05, 0.1) is 18.1 Å². The summed E-state index contributed by atoms with van der Waals surface area (Å²) in [7, 11) is 5.26. The molecule has 4 rings (SSSR count). The Morgan fingerprint density at radius 1 is 1.22 bits per heavy atom. The summed E-state index contributed by atoms with van der Waals surface area (Å²) in [5.74, 6) is -0.545. The van der Waals surface area contributed by atoms with Crippen molar-refractivity contribution in [1.29, 1.82) is 0 Å². The van der Waals surface area contributed by atoms with Gasteiger partial charge in [0.15, 0.2) is 11.5 Å². The summed E-state index contributed by atoms with van der Waals surface area (Å²) < 4.78 is 35.4. The first kappa shape index (κ1) is 25.3. The number of rotatable bonds is 7. The van der Waals surface area contributed by atoms with E-state index in [9.17, 15) is 14.3 Å². The lowest BCUT2D eigenvalue weighted by Crippen LogP contribution is -2.53. The third-order valence-electron chi connectivity index (χ3n) is 6.06. The number of amides is 1. The molecule has 1 amide bonds. The summed E-state index contributed by atoms with van der Waals surface area (Å²) >= 11 is 0. The largest absolute Gasteiger partial charge is 0.496 e. The molecule has 1 atom stereocenters. The van der Waals surface area contributed by atoms with Crippen molar-refractivity contribution in [3.05, 3.63) is 35.9 Å². The number of carboxylic acid groups (broad SMARTS) is 1. The van der Waals surface area contributed by atoms with E-state index in [1.54, 1.807) is 0 Å². The fourth-order valence-corrected chi connectivity index (χ4v) is 4.23. The highest BCUT2D eigenvalue weighted by atomic mass is 19.1. The van der Waals surface area contributed by atoms with Crippen LogP contribution in [0.5, 0.6) is 5.75 Å². The second-order valence-corrected chi connectivity index (χ2v) is 8.88. The molecule has 1 saturated heterocycles. The highest BCUT2D eigenvalue weighted by Crippen LogP contribution is 2.36. The molecule has 0 spiro atoms. The lowest BCUT2D eigenvalue weighted by atomic mass is 10.1. The van der Waals surface area contributed by atoms with Gasteiger partial charge in [0.2, 0.25) is 5.95 Å².